The predicted molar refractivity (Wildman–Crippen MR) is 70.6 cm³/mol. The summed E-state index contributed by atoms with van der Waals surface area (Å²) in [6, 6.07) is 4.28. The number of imide groups is 1. The topological polar surface area (TPSA) is 111 Å². The van der Waals surface area contributed by atoms with Crippen LogP contribution in [0.15, 0.2) is 18.2 Å². The number of aromatic carboxylic acids is 1. The first-order valence-electron chi connectivity index (χ1n) is 5.99. The van der Waals surface area contributed by atoms with E-state index in [4.69, 9.17) is 14.6 Å². The highest BCUT2D eigenvalue weighted by Crippen LogP contribution is 2.30. The van der Waals surface area contributed by atoms with E-state index in [1.54, 1.807) is 6.92 Å². The summed E-state index contributed by atoms with van der Waals surface area (Å²) in [5.74, 6) is -1.92. The number of carbonyl (C=O) groups excluding carboxylic acids is 2. The first-order valence-corrected chi connectivity index (χ1v) is 5.99. The van der Waals surface area contributed by atoms with Crippen molar-refractivity contribution in [1.82, 2.24) is 5.32 Å². The number of benzene rings is 1. The Labute approximate surface area is 120 Å². The Bertz CT molecular complexity index is 541. The molecule has 0 atom stereocenters. The van der Waals surface area contributed by atoms with Crippen LogP contribution in [0.25, 0.3) is 0 Å². The van der Waals surface area contributed by atoms with Crippen molar-refractivity contribution in [3.05, 3.63) is 23.8 Å². The van der Waals surface area contributed by atoms with Gasteiger partial charge in [-0.3, -0.25) is 10.1 Å². The van der Waals surface area contributed by atoms with Crippen LogP contribution in [-0.2, 0) is 9.53 Å². The van der Waals surface area contributed by atoms with Crippen LogP contribution in [0.2, 0.25) is 0 Å². The highest BCUT2D eigenvalue weighted by Gasteiger charge is 2.18. The Balaban J connectivity index is 2.76. The van der Waals surface area contributed by atoms with Gasteiger partial charge >= 0.3 is 12.1 Å². The largest absolute Gasteiger partial charge is 0.493 e. The molecule has 1 aromatic rings. The van der Waals surface area contributed by atoms with Gasteiger partial charge in [0.25, 0.3) is 5.91 Å². The van der Waals surface area contributed by atoms with Gasteiger partial charge < -0.3 is 19.3 Å². The summed E-state index contributed by atoms with van der Waals surface area (Å²) >= 11 is 0. The van der Waals surface area contributed by atoms with Gasteiger partial charge in [0, 0.05) is 0 Å². The van der Waals surface area contributed by atoms with Crippen LogP contribution in [0.3, 0.4) is 0 Å². The van der Waals surface area contributed by atoms with Crippen LogP contribution in [0.1, 0.15) is 17.3 Å². The van der Waals surface area contributed by atoms with Gasteiger partial charge in [-0.1, -0.05) is 6.07 Å². The van der Waals surface area contributed by atoms with E-state index in [9.17, 15) is 14.4 Å². The molecule has 0 aliphatic rings. The molecule has 0 spiro atoms. The van der Waals surface area contributed by atoms with Gasteiger partial charge in [-0.15, -0.1) is 0 Å². The maximum absolute atomic E-state index is 11.5. The molecular formula is C13H15NO7. The first-order chi connectivity index (χ1) is 9.99. The Hall–Kier alpha value is -2.77. The number of methoxy groups -OCH3 is 1. The standard InChI is InChI=1S/C13H15NO7/c1-3-20-13(18)14-10(15)7-21-11-8(12(16)17)5-4-6-9(11)19-2/h4-6H,3,7H2,1-2H3,(H,16,17)(H,14,15,18). The van der Waals surface area contributed by atoms with Crippen LogP contribution in [0, 0.1) is 0 Å². The van der Waals surface area contributed by atoms with Crippen molar-refractivity contribution in [2.24, 2.45) is 0 Å². The second-order valence-electron chi connectivity index (χ2n) is 3.70. The van der Waals surface area contributed by atoms with E-state index >= 15 is 0 Å². The Morgan fingerprint density at radius 1 is 1.29 bits per heavy atom. The molecule has 0 aliphatic heterocycles. The van der Waals surface area contributed by atoms with E-state index in [1.165, 1.54) is 25.3 Å². The average Bonchev–Trinajstić information content (AvgIpc) is 2.44. The number of carbonyl (C=O) groups is 3. The van der Waals surface area contributed by atoms with Crippen LogP contribution in [-0.4, -0.2) is 43.4 Å². The molecule has 0 unspecified atom stereocenters. The number of carboxylic acids is 1. The SMILES string of the molecule is CCOC(=O)NC(=O)COc1c(OC)cccc1C(=O)O. The fourth-order valence-corrected chi connectivity index (χ4v) is 1.45. The fourth-order valence-electron chi connectivity index (χ4n) is 1.45. The van der Waals surface area contributed by atoms with Crippen molar-refractivity contribution < 1.29 is 33.7 Å². The quantitative estimate of drug-likeness (QED) is 0.807. The van der Waals surface area contributed by atoms with Crippen molar-refractivity contribution in [3.8, 4) is 11.5 Å². The second kappa shape index (κ2) is 7.73. The van der Waals surface area contributed by atoms with Gasteiger partial charge in [0.15, 0.2) is 18.1 Å². The molecule has 1 rings (SSSR count). The van der Waals surface area contributed by atoms with Crippen molar-refractivity contribution in [2.75, 3.05) is 20.3 Å². The number of rotatable bonds is 6. The monoisotopic (exact) mass is 297 g/mol. The number of ether oxygens (including phenoxy) is 3. The van der Waals surface area contributed by atoms with Gasteiger partial charge in [0.05, 0.1) is 13.7 Å². The van der Waals surface area contributed by atoms with Crippen molar-refractivity contribution in [2.45, 2.75) is 6.92 Å². The number of hydrogen-bond acceptors (Lipinski definition) is 6. The summed E-state index contributed by atoms with van der Waals surface area (Å²) in [6.45, 7) is 1.16. The number of carboxylic acid groups (broad SMARTS) is 1. The highest BCUT2D eigenvalue weighted by molar-refractivity contribution is 5.94. The molecule has 21 heavy (non-hydrogen) atoms. The molecule has 0 radical (unpaired) electrons. The normalized spacial score (nSPS) is 9.62. The maximum atomic E-state index is 11.5. The molecule has 2 N–H and O–H groups in total. The molecule has 0 saturated heterocycles. The Morgan fingerprint density at radius 3 is 2.57 bits per heavy atom. The molecule has 8 nitrogen and oxygen atoms in total. The average molecular weight is 297 g/mol. The zero-order valence-electron chi connectivity index (χ0n) is 11.5. The number of para-hydroxylation sites is 1. The Kier molecular flexibility index (Phi) is 5.99. The van der Waals surface area contributed by atoms with Gasteiger partial charge in [-0.05, 0) is 19.1 Å². The zero-order chi connectivity index (χ0) is 15.8. The number of hydrogen-bond donors (Lipinski definition) is 2. The molecule has 0 aliphatic carbocycles. The van der Waals surface area contributed by atoms with E-state index in [0.717, 1.165) is 0 Å². The van der Waals surface area contributed by atoms with E-state index in [1.807, 2.05) is 5.32 Å². The van der Waals surface area contributed by atoms with E-state index in [0.29, 0.717) is 0 Å². The molecule has 0 saturated carbocycles. The molecule has 0 fully saturated rings. The summed E-state index contributed by atoms with van der Waals surface area (Å²) in [6.07, 6.45) is -0.899. The molecule has 0 heterocycles. The van der Waals surface area contributed by atoms with Crippen LogP contribution in [0.5, 0.6) is 11.5 Å². The van der Waals surface area contributed by atoms with Gasteiger partial charge in [-0.2, -0.15) is 0 Å². The lowest BCUT2D eigenvalue weighted by Crippen LogP contribution is -2.35. The van der Waals surface area contributed by atoms with E-state index in [2.05, 4.69) is 4.74 Å². The third-order valence-corrected chi connectivity index (χ3v) is 2.29. The minimum absolute atomic E-state index is 0.0912. The lowest BCUT2D eigenvalue weighted by molar-refractivity contribution is -0.122. The van der Waals surface area contributed by atoms with E-state index < -0.39 is 24.6 Å². The third kappa shape index (κ3) is 4.68. The molecule has 0 aromatic heterocycles. The molecule has 1 aromatic carbocycles. The number of amides is 2. The molecule has 2 amide bonds. The molecule has 0 bridgehead atoms. The first kappa shape index (κ1) is 16.3. The van der Waals surface area contributed by atoms with Crippen molar-refractivity contribution in [1.29, 1.82) is 0 Å². The second-order valence-corrected chi connectivity index (χ2v) is 3.70. The van der Waals surface area contributed by atoms with Crippen LogP contribution < -0.4 is 14.8 Å². The maximum Gasteiger partial charge on any atom is 0.413 e. The lowest BCUT2D eigenvalue weighted by atomic mass is 10.2. The Morgan fingerprint density at radius 2 is 2.00 bits per heavy atom. The van der Waals surface area contributed by atoms with Crippen molar-refractivity contribution in [3.63, 3.8) is 0 Å². The number of nitrogens with one attached hydrogen (secondary N) is 1. The van der Waals surface area contributed by atoms with Crippen LogP contribution in [0.4, 0.5) is 4.79 Å². The minimum atomic E-state index is -1.23. The molecule has 114 valence electrons. The van der Waals surface area contributed by atoms with Crippen molar-refractivity contribution >= 4 is 18.0 Å². The lowest BCUT2D eigenvalue weighted by Gasteiger charge is -2.12. The van der Waals surface area contributed by atoms with Gasteiger partial charge in [0.1, 0.15) is 5.56 Å². The predicted octanol–water partition coefficient (Wildman–Crippen LogP) is 1.04. The summed E-state index contributed by atoms with van der Waals surface area (Å²) in [5.41, 5.74) is -0.154. The van der Waals surface area contributed by atoms with Gasteiger partial charge in [-0.25, -0.2) is 9.59 Å². The fraction of sp³-hybridized carbons (Fsp3) is 0.308. The summed E-state index contributed by atoms with van der Waals surface area (Å²) < 4.78 is 14.6. The minimum Gasteiger partial charge on any atom is -0.493 e. The zero-order valence-corrected chi connectivity index (χ0v) is 11.5. The summed E-state index contributed by atoms with van der Waals surface area (Å²) in [4.78, 5) is 33.6. The number of alkyl carbamates (subject to hydrolysis) is 1. The van der Waals surface area contributed by atoms with E-state index in [-0.39, 0.29) is 23.7 Å². The highest BCUT2D eigenvalue weighted by atomic mass is 16.6. The third-order valence-electron chi connectivity index (χ3n) is 2.29. The molecule has 8 heteroatoms. The summed E-state index contributed by atoms with van der Waals surface area (Å²) in [5, 5.41) is 11.0. The van der Waals surface area contributed by atoms with Crippen LogP contribution >= 0.6 is 0 Å². The summed E-state index contributed by atoms with van der Waals surface area (Å²) in [7, 11) is 1.34. The molecular weight excluding hydrogens is 282 g/mol. The smallest absolute Gasteiger partial charge is 0.413 e. The van der Waals surface area contributed by atoms with Gasteiger partial charge in [0.2, 0.25) is 0 Å².